The van der Waals surface area contributed by atoms with Gasteiger partial charge in [-0.2, -0.15) is 0 Å². The largest absolute Gasteiger partial charge is 0.342 e. The van der Waals surface area contributed by atoms with Gasteiger partial charge in [-0.25, -0.2) is 4.79 Å². The molecule has 4 fully saturated rings. The molecule has 7 nitrogen and oxygen atoms in total. The minimum Gasteiger partial charge on any atom is -0.342 e. The van der Waals surface area contributed by atoms with Crippen molar-refractivity contribution in [3.8, 4) is 0 Å². The molecular weight excluding hydrogens is 386 g/mol. The Morgan fingerprint density at radius 2 is 1.97 bits per heavy atom. The molecule has 0 radical (unpaired) electrons. The van der Waals surface area contributed by atoms with Gasteiger partial charge in [0.1, 0.15) is 5.50 Å². The summed E-state index contributed by atoms with van der Waals surface area (Å²) in [5.41, 5.74) is 0.0139. The number of likely N-dealkylation sites (tertiary alicyclic amines) is 1. The van der Waals surface area contributed by atoms with Crippen LogP contribution in [0.15, 0.2) is 0 Å². The van der Waals surface area contributed by atoms with E-state index in [0.29, 0.717) is 35.7 Å². The van der Waals surface area contributed by atoms with Crippen LogP contribution in [0.2, 0.25) is 0 Å². The van der Waals surface area contributed by atoms with Crippen molar-refractivity contribution in [3.05, 3.63) is 0 Å². The smallest absolute Gasteiger partial charge is 0.316 e. The molecule has 3 saturated heterocycles. The molecule has 1 aliphatic carbocycles. The summed E-state index contributed by atoms with van der Waals surface area (Å²) in [6, 6.07) is 0.928. The van der Waals surface area contributed by atoms with Gasteiger partial charge in [-0.1, -0.05) is 6.92 Å². The third-order valence-corrected chi connectivity index (χ3v) is 8.73. The van der Waals surface area contributed by atoms with Gasteiger partial charge in [-0.3, -0.25) is 10.1 Å². The number of fused-ring (bicyclic) bond motifs is 1. The Labute approximate surface area is 178 Å². The summed E-state index contributed by atoms with van der Waals surface area (Å²) in [5, 5.41) is 13.1. The Balaban J connectivity index is 1.37. The molecule has 0 aromatic rings. The molecule has 1 saturated carbocycles. The van der Waals surface area contributed by atoms with Crippen LogP contribution in [0, 0.1) is 23.7 Å². The van der Waals surface area contributed by atoms with Crippen LogP contribution >= 0.6 is 11.8 Å². The maximum absolute atomic E-state index is 13.3. The first-order valence-corrected chi connectivity index (χ1v) is 12.4. The second-order valence-corrected chi connectivity index (χ2v) is 10.9. The molecule has 4 rings (SSSR count). The van der Waals surface area contributed by atoms with Gasteiger partial charge in [-0.05, 0) is 56.8 Å². The molecule has 4 aliphatic rings. The Hall–Kier alpha value is -0.990. The molecule has 8 unspecified atom stereocenters. The van der Waals surface area contributed by atoms with Crippen molar-refractivity contribution in [2.24, 2.45) is 23.7 Å². The third kappa shape index (κ3) is 4.69. The maximum Gasteiger partial charge on any atom is 0.316 e. The lowest BCUT2D eigenvalue weighted by molar-refractivity contribution is -0.148. The van der Waals surface area contributed by atoms with Crippen LogP contribution in [-0.2, 0) is 4.79 Å². The summed E-state index contributed by atoms with van der Waals surface area (Å²) in [4.78, 5) is 27.7. The van der Waals surface area contributed by atoms with Gasteiger partial charge in [0, 0.05) is 49.9 Å². The monoisotopic (exact) mass is 423 g/mol. The number of carbonyl (C=O) groups is 2. The summed E-state index contributed by atoms with van der Waals surface area (Å²) in [6.45, 7) is 6.45. The highest BCUT2D eigenvalue weighted by atomic mass is 32.2. The lowest BCUT2D eigenvalue weighted by Crippen LogP contribution is -2.60. The van der Waals surface area contributed by atoms with Gasteiger partial charge in [0.2, 0.25) is 5.91 Å². The fourth-order valence-electron chi connectivity index (χ4n) is 5.96. The van der Waals surface area contributed by atoms with Crippen LogP contribution in [0.25, 0.3) is 0 Å². The van der Waals surface area contributed by atoms with Gasteiger partial charge in [0.25, 0.3) is 0 Å². The van der Waals surface area contributed by atoms with Gasteiger partial charge in [0.05, 0.1) is 0 Å². The number of hydrogen-bond acceptors (Lipinski definition) is 5. The van der Waals surface area contributed by atoms with Gasteiger partial charge >= 0.3 is 6.03 Å². The number of amides is 3. The zero-order valence-electron chi connectivity index (χ0n) is 17.9. The van der Waals surface area contributed by atoms with Crippen molar-refractivity contribution in [1.82, 2.24) is 26.2 Å². The first kappa shape index (κ1) is 21.2. The lowest BCUT2D eigenvalue weighted by Gasteiger charge is -2.50. The molecule has 0 bridgehead atoms. The van der Waals surface area contributed by atoms with Crippen molar-refractivity contribution in [1.29, 1.82) is 0 Å². The zero-order chi connectivity index (χ0) is 20.5. The number of nitrogens with one attached hydrogen (secondary N) is 4. The number of nitrogens with zero attached hydrogens (tertiary/aromatic N) is 1. The third-order valence-electron chi connectivity index (χ3n) is 7.68. The van der Waals surface area contributed by atoms with Crippen molar-refractivity contribution in [2.45, 2.75) is 69.6 Å². The summed E-state index contributed by atoms with van der Waals surface area (Å²) in [7, 11) is 2.01. The van der Waals surface area contributed by atoms with Crippen LogP contribution in [0.3, 0.4) is 0 Å². The van der Waals surface area contributed by atoms with E-state index in [-0.39, 0.29) is 23.5 Å². The number of hydrogen-bond donors (Lipinski definition) is 4. The summed E-state index contributed by atoms with van der Waals surface area (Å²) in [6.07, 6.45) is 5.02. The van der Waals surface area contributed by atoms with Gasteiger partial charge in [-0.15, -0.1) is 11.8 Å². The van der Waals surface area contributed by atoms with Crippen molar-refractivity contribution < 1.29 is 9.59 Å². The Bertz CT molecular complexity index is 614. The topological polar surface area (TPSA) is 85.5 Å². The van der Waals surface area contributed by atoms with Gasteiger partial charge in [0.15, 0.2) is 0 Å². The van der Waals surface area contributed by atoms with Crippen molar-refractivity contribution >= 4 is 23.7 Å². The minimum atomic E-state index is -0.0900. The summed E-state index contributed by atoms with van der Waals surface area (Å²) >= 11 is 1.73. The fourth-order valence-corrected chi connectivity index (χ4v) is 6.86. The molecule has 3 amide bonds. The number of thioether (sulfide) groups is 1. The summed E-state index contributed by atoms with van der Waals surface area (Å²) in [5.74, 6) is 2.87. The minimum absolute atomic E-state index is 0.0139. The predicted octanol–water partition coefficient (Wildman–Crippen LogP) is 1.56. The van der Waals surface area contributed by atoms with Crippen LogP contribution in [0.4, 0.5) is 4.79 Å². The quantitative estimate of drug-likeness (QED) is 0.554. The molecule has 0 aromatic carbocycles. The number of rotatable bonds is 3. The first-order valence-electron chi connectivity index (χ1n) is 11.3. The second-order valence-electron chi connectivity index (χ2n) is 9.64. The predicted molar refractivity (Wildman–Crippen MR) is 116 cm³/mol. The van der Waals surface area contributed by atoms with Crippen LogP contribution in [0.1, 0.15) is 46.0 Å². The molecule has 164 valence electrons. The van der Waals surface area contributed by atoms with E-state index in [1.807, 2.05) is 7.05 Å². The molecule has 8 atom stereocenters. The fraction of sp³-hybridized carbons (Fsp3) is 0.905. The zero-order valence-corrected chi connectivity index (χ0v) is 18.8. The highest BCUT2D eigenvalue weighted by Crippen LogP contribution is 2.43. The van der Waals surface area contributed by atoms with Gasteiger partial charge < -0.3 is 20.9 Å². The molecule has 8 heteroatoms. The number of piperidine rings is 2. The Morgan fingerprint density at radius 3 is 2.72 bits per heavy atom. The molecule has 3 aliphatic heterocycles. The SMILES string of the molecule is CC1CC2C(CN1)CC(C1CC(NC(=O)NC3NCCS3)CCC1C)C(=O)N2C. The molecule has 0 aromatic heterocycles. The van der Waals surface area contributed by atoms with Crippen LogP contribution in [-0.4, -0.2) is 66.4 Å². The molecule has 29 heavy (non-hydrogen) atoms. The van der Waals surface area contributed by atoms with Crippen LogP contribution in [0.5, 0.6) is 0 Å². The standard InChI is InChI=1S/C21H37N5O2S/c1-12-4-5-15(24-20(28)25-21-22-6-7-29-21)10-16(12)17-9-14-11-23-13(2)8-18(14)26(3)19(17)27/h12-18,21-23H,4-11H2,1-3H3,(H2,24,25,28). The highest BCUT2D eigenvalue weighted by molar-refractivity contribution is 8.00. The van der Waals surface area contributed by atoms with E-state index in [9.17, 15) is 9.59 Å². The van der Waals surface area contributed by atoms with E-state index in [4.69, 9.17) is 0 Å². The van der Waals surface area contributed by atoms with Crippen molar-refractivity contribution in [3.63, 3.8) is 0 Å². The average Bonchev–Trinajstić information content (AvgIpc) is 3.19. The second kappa shape index (κ2) is 9.02. The molecule has 0 spiro atoms. The van der Waals surface area contributed by atoms with E-state index in [1.165, 1.54) is 0 Å². The normalized spacial score (nSPS) is 43.0. The van der Waals surface area contributed by atoms with Crippen molar-refractivity contribution in [2.75, 3.05) is 25.9 Å². The van der Waals surface area contributed by atoms with E-state index >= 15 is 0 Å². The van der Waals surface area contributed by atoms with E-state index in [0.717, 1.165) is 50.9 Å². The summed E-state index contributed by atoms with van der Waals surface area (Å²) < 4.78 is 0. The van der Waals surface area contributed by atoms with Crippen LogP contribution < -0.4 is 21.3 Å². The molecule has 3 heterocycles. The molecular formula is C21H37N5O2S. The van der Waals surface area contributed by atoms with E-state index in [2.05, 4.69) is 40.0 Å². The highest BCUT2D eigenvalue weighted by Gasteiger charge is 2.47. The Kier molecular flexibility index (Phi) is 6.61. The van der Waals surface area contributed by atoms with E-state index in [1.54, 1.807) is 11.8 Å². The Morgan fingerprint density at radius 1 is 1.14 bits per heavy atom. The maximum atomic E-state index is 13.3. The molecule has 4 N–H and O–H groups in total. The lowest BCUT2D eigenvalue weighted by atomic mass is 9.65. The first-order chi connectivity index (χ1) is 13.9. The number of carbonyl (C=O) groups excluding carboxylic acids is 2. The number of urea groups is 1. The average molecular weight is 424 g/mol. The van der Waals surface area contributed by atoms with E-state index < -0.39 is 0 Å².